The Hall–Kier alpha value is -1.32. The van der Waals surface area contributed by atoms with E-state index in [4.69, 9.17) is 0 Å². The Bertz CT molecular complexity index is 302. The minimum Gasteiger partial charge on any atom is -0.348 e. The van der Waals surface area contributed by atoms with E-state index in [1.54, 1.807) is 12.5 Å². The molecule has 0 saturated carbocycles. The van der Waals surface area contributed by atoms with E-state index in [1.807, 2.05) is 4.90 Å². The molecule has 1 amide bonds. The fourth-order valence-electron chi connectivity index (χ4n) is 1.96. The molecule has 0 spiro atoms. The molecule has 0 aromatic carbocycles. The molecule has 0 aliphatic carbocycles. The van der Waals surface area contributed by atoms with E-state index in [1.165, 1.54) is 6.42 Å². The third-order valence-electron chi connectivity index (χ3n) is 2.87. The maximum Gasteiger partial charge on any atom is 0.222 e. The minimum atomic E-state index is 0.282. The monoisotopic (exact) mass is 207 g/mol. The standard InChI is InChI=1S/C11H17N3O/c15-11(14-6-2-1-3-7-14)5-4-10-8-12-9-13-10/h8-9H,1-7H2,(H,12,13). The van der Waals surface area contributed by atoms with Crippen molar-refractivity contribution in [3.05, 3.63) is 18.2 Å². The van der Waals surface area contributed by atoms with E-state index < -0.39 is 0 Å². The van der Waals surface area contributed by atoms with Crippen LogP contribution < -0.4 is 0 Å². The van der Waals surface area contributed by atoms with Crippen LogP contribution in [0, 0.1) is 0 Å². The van der Waals surface area contributed by atoms with Crippen molar-refractivity contribution in [2.75, 3.05) is 13.1 Å². The van der Waals surface area contributed by atoms with E-state index in [9.17, 15) is 4.79 Å². The van der Waals surface area contributed by atoms with Gasteiger partial charge in [-0.1, -0.05) is 0 Å². The number of rotatable bonds is 3. The van der Waals surface area contributed by atoms with Crippen molar-refractivity contribution in [1.82, 2.24) is 14.9 Å². The molecule has 4 nitrogen and oxygen atoms in total. The van der Waals surface area contributed by atoms with Crippen LogP contribution in [0.15, 0.2) is 12.5 Å². The summed E-state index contributed by atoms with van der Waals surface area (Å²) >= 11 is 0. The number of H-pyrrole nitrogens is 1. The normalized spacial score (nSPS) is 16.7. The Morgan fingerprint density at radius 2 is 2.20 bits per heavy atom. The number of aromatic amines is 1. The van der Waals surface area contributed by atoms with Crippen molar-refractivity contribution in [2.24, 2.45) is 0 Å². The highest BCUT2D eigenvalue weighted by Crippen LogP contribution is 2.10. The Balaban J connectivity index is 1.76. The van der Waals surface area contributed by atoms with E-state index in [0.29, 0.717) is 6.42 Å². The van der Waals surface area contributed by atoms with Crippen LogP contribution in [-0.2, 0) is 11.2 Å². The van der Waals surface area contributed by atoms with Gasteiger partial charge >= 0.3 is 0 Å². The van der Waals surface area contributed by atoms with Crippen LogP contribution in [0.3, 0.4) is 0 Å². The van der Waals surface area contributed by atoms with Crippen LogP contribution in [0.2, 0.25) is 0 Å². The van der Waals surface area contributed by atoms with Gasteiger partial charge in [0.15, 0.2) is 0 Å². The molecule has 1 aromatic rings. The number of aromatic nitrogens is 2. The number of aryl methyl sites for hydroxylation is 1. The van der Waals surface area contributed by atoms with E-state index >= 15 is 0 Å². The Kier molecular flexibility index (Phi) is 3.37. The first-order valence-corrected chi connectivity index (χ1v) is 5.61. The first-order chi connectivity index (χ1) is 7.36. The average Bonchev–Trinajstić information content (AvgIpc) is 2.80. The molecule has 0 atom stereocenters. The largest absolute Gasteiger partial charge is 0.348 e. The highest BCUT2D eigenvalue weighted by atomic mass is 16.2. The smallest absolute Gasteiger partial charge is 0.222 e. The van der Waals surface area contributed by atoms with Gasteiger partial charge < -0.3 is 9.88 Å². The number of imidazole rings is 1. The highest BCUT2D eigenvalue weighted by molar-refractivity contribution is 5.76. The molecule has 1 fully saturated rings. The summed E-state index contributed by atoms with van der Waals surface area (Å²) in [6.45, 7) is 1.89. The maximum atomic E-state index is 11.8. The Morgan fingerprint density at radius 1 is 1.40 bits per heavy atom. The van der Waals surface area contributed by atoms with Crippen molar-refractivity contribution >= 4 is 5.91 Å². The molecule has 0 unspecified atom stereocenters. The van der Waals surface area contributed by atoms with Crippen molar-refractivity contribution in [2.45, 2.75) is 32.1 Å². The SMILES string of the molecule is O=C(CCc1cnc[nH]1)N1CCCCC1. The number of nitrogens with one attached hydrogen (secondary N) is 1. The van der Waals surface area contributed by atoms with Crippen molar-refractivity contribution in [3.63, 3.8) is 0 Å². The van der Waals surface area contributed by atoms with Crippen LogP contribution in [0.5, 0.6) is 0 Å². The molecule has 15 heavy (non-hydrogen) atoms. The lowest BCUT2D eigenvalue weighted by molar-refractivity contribution is -0.132. The fraction of sp³-hybridized carbons (Fsp3) is 0.636. The van der Waals surface area contributed by atoms with Gasteiger partial charge in [-0.15, -0.1) is 0 Å². The summed E-state index contributed by atoms with van der Waals surface area (Å²) in [6, 6.07) is 0. The number of hydrogen-bond donors (Lipinski definition) is 1. The van der Waals surface area contributed by atoms with Crippen LogP contribution in [0.25, 0.3) is 0 Å². The van der Waals surface area contributed by atoms with Crippen molar-refractivity contribution < 1.29 is 4.79 Å². The van der Waals surface area contributed by atoms with Crippen LogP contribution in [-0.4, -0.2) is 33.9 Å². The first kappa shape index (κ1) is 10.2. The zero-order chi connectivity index (χ0) is 10.5. The topological polar surface area (TPSA) is 49.0 Å². The second-order valence-electron chi connectivity index (χ2n) is 4.02. The molecule has 2 rings (SSSR count). The number of carbonyl (C=O) groups excluding carboxylic acids is 1. The molecular weight excluding hydrogens is 190 g/mol. The van der Waals surface area contributed by atoms with Gasteiger partial charge in [0.2, 0.25) is 5.91 Å². The number of amides is 1. The lowest BCUT2D eigenvalue weighted by atomic mass is 10.1. The molecule has 1 aliphatic heterocycles. The number of nitrogens with zero attached hydrogens (tertiary/aromatic N) is 2. The third kappa shape index (κ3) is 2.81. The molecule has 0 radical (unpaired) electrons. The quantitative estimate of drug-likeness (QED) is 0.813. The molecule has 1 aliphatic rings. The van der Waals surface area contributed by atoms with Gasteiger partial charge in [0.05, 0.1) is 6.33 Å². The van der Waals surface area contributed by atoms with Gasteiger partial charge in [-0.05, 0) is 25.7 Å². The lowest BCUT2D eigenvalue weighted by Gasteiger charge is -2.26. The number of piperidine rings is 1. The Morgan fingerprint density at radius 3 is 2.87 bits per heavy atom. The van der Waals surface area contributed by atoms with Crippen molar-refractivity contribution in [3.8, 4) is 0 Å². The van der Waals surface area contributed by atoms with Crippen LogP contribution >= 0.6 is 0 Å². The summed E-state index contributed by atoms with van der Waals surface area (Å²) in [7, 11) is 0. The fourth-order valence-corrected chi connectivity index (χ4v) is 1.96. The highest BCUT2D eigenvalue weighted by Gasteiger charge is 2.15. The molecule has 1 aromatic heterocycles. The van der Waals surface area contributed by atoms with E-state index in [2.05, 4.69) is 9.97 Å². The molecular formula is C11H17N3O. The van der Waals surface area contributed by atoms with Gasteiger partial charge in [0, 0.05) is 31.4 Å². The van der Waals surface area contributed by atoms with Crippen LogP contribution in [0.4, 0.5) is 0 Å². The summed E-state index contributed by atoms with van der Waals surface area (Å²) in [5.74, 6) is 0.282. The maximum absolute atomic E-state index is 11.8. The third-order valence-corrected chi connectivity index (χ3v) is 2.87. The van der Waals surface area contributed by atoms with Gasteiger partial charge in [-0.25, -0.2) is 4.98 Å². The van der Waals surface area contributed by atoms with Gasteiger partial charge in [-0.3, -0.25) is 4.79 Å². The summed E-state index contributed by atoms with van der Waals surface area (Å²) in [5.41, 5.74) is 1.04. The number of hydrogen-bond acceptors (Lipinski definition) is 2. The van der Waals surface area contributed by atoms with Gasteiger partial charge in [0.1, 0.15) is 0 Å². The van der Waals surface area contributed by atoms with Crippen molar-refractivity contribution in [1.29, 1.82) is 0 Å². The molecule has 2 heterocycles. The number of likely N-dealkylation sites (tertiary alicyclic amines) is 1. The molecule has 1 N–H and O–H groups in total. The average molecular weight is 207 g/mol. The minimum absolute atomic E-state index is 0.282. The summed E-state index contributed by atoms with van der Waals surface area (Å²) in [4.78, 5) is 20.7. The number of carbonyl (C=O) groups is 1. The van der Waals surface area contributed by atoms with E-state index in [-0.39, 0.29) is 5.91 Å². The second kappa shape index (κ2) is 4.96. The van der Waals surface area contributed by atoms with Gasteiger partial charge in [-0.2, -0.15) is 0 Å². The Labute approximate surface area is 89.7 Å². The molecule has 1 saturated heterocycles. The molecule has 82 valence electrons. The predicted octanol–water partition coefficient (Wildman–Crippen LogP) is 1.35. The summed E-state index contributed by atoms with van der Waals surface area (Å²) in [5, 5.41) is 0. The summed E-state index contributed by atoms with van der Waals surface area (Å²) in [6.07, 6.45) is 8.40. The second-order valence-corrected chi connectivity index (χ2v) is 4.02. The first-order valence-electron chi connectivity index (χ1n) is 5.61. The molecule has 4 heteroatoms. The zero-order valence-corrected chi connectivity index (χ0v) is 8.91. The predicted molar refractivity (Wildman–Crippen MR) is 57.3 cm³/mol. The molecule has 0 bridgehead atoms. The lowest BCUT2D eigenvalue weighted by Crippen LogP contribution is -2.35. The summed E-state index contributed by atoms with van der Waals surface area (Å²) < 4.78 is 0. The van der Waals surface area contributed by atoms with E-state index in [0.717, 1.165) is 38.0 Å². The zero-order valence-electron chi connectivity index (χ0n) is 8.91. The van der Waals surface area contributed by atoms with Gasteiger partial charge in [0.25, 0.3) is 0 Å². The van der Waals surface area contributed by atoms with Crippen LogP contribution in [0.1, 0.15) is 31.4 Å².